The molecule has 0 fully saturated rings. The summed E-state index contributed by atoms with van der Waals surface area (Å²) in [7, 11) is 0. The quantitative estimate of drug-likeness (QED) is 0.572. The molecule has 0 aliphatic carbocycles. The number of hydrogen-bond acceptors (Lipinski definition) is 4. The van der Waals surface area contributed by atoms with Crippen LogP contribution in [0, 0.1) is 11.5 Å². The Morgan fingerprint density at radius 2 is 1.94 bits per heavy atom. The minimum absolute atomic E-state index is 0.567. The topological polar surface area (TPSA) is 42.6 Å². The molecule has 0 bridgehead atoms. The van der Waals surface area contributed by atoms with E-state index < -0.39 is 14.3 Å². The summed E-state index contributed by atoms with van der Waals surface area (Å²) in [6.07, 6.45) is 4.18. The van der Waals surface area contributed by atoms with Gasteiger partial charge in [-0.25, -0.2) is 4.90 Å². The Labute approximate surface area is 131 Å². The third-order valence-corrected chi connectivity index (χ3v) is 4.86. The van der Waals surface area contributed by atoms with Crippen molar-refractivity contribution in [2.75, 3.05) is 6.54 Å². The molecule has 0 aromatic rings. The van der Waals surface area contributed by atoms with Crippen LogP contribution in [-0.4, -0.2) is 37.1 Å². The van der Waals surface area contributed by atoms with Gasteiger partial charge in [0.1, 0.15) is 6.34 Å². The minimum atomic E-state index is -1.95. The maximum atomic E-state index is 9.02. The number of unbranched alkanes of at least 4 members (excludes halogenated alkanes) is 1. The minimum Gasteiger partial charge on any atom is -0.269 e. The second-order valence-corrected chi connectivity index (χ2v) is 7.42. The van der Waals surface area contributed by atoms with Gasteiger partial charge in [0, 0.05) is 6.54 Å². The van der Waals surface area contributed by atoms with Gasteiger partial charge in [-0.2, -0.15) is 10.4 Å². The van der Waals surface area contributed by atoms with Crippen LogP contribution in [0.1, 0.15) is 19.8 Å². The molecular formula is C9H11Cl5N4. The van der Waals surface area contributed by atoms with Crippen LogP contribution in [-0.2, 0) is 0 Å². The van der Waals surface area contributed by atoms with Crippen LogP contribution in [0.4, 0.5) is 0 Å². The standard InChI is InChI=1S/C9H11Cl5N4/c1-2-3-4-18-7(17(5-15)6-16-18)8(10,11)9(12,13)14/h6-7H,2-4H2,1H3. The van der Waals surface area contributed by atoms with Gasteiger partial charge in [0.25, 0.3) is 0 Å². The molecule has 1 heterocycles. The number of alkyl halides is 5. The largest absolute Gasteiger partial charge is 0.269 e. The van der Waals surface area contributed by atoms with Crippen molar-refractivity contribution in [1.82, 2.24) is 9.91 Å². The molecule has 1 aliphatic rings. The van der Waals surface area contributed by atoms with Crippen LogP contribution in [0.15, 0.2) is 5.10 Å². The molecule has 0 spiro atoms. The van der Waals surface area contributed by atoms with Crippen molar-refractivity contribution in [3.05, 3.63) is 0 Å². The summed E-state index contributed by atoms with van der Waals surface area (Å²) in [6, 6.07) is 0. The molecule has 18 heavy (non-hydrogen) atoms. The molecule has 1 rings (SSSR count). The lowest BCUT2D eigenvalue weighted by Crippen LogP contribution is -2.55. The first-order chi connectivity index (χ1) is 8.25. The lowest BCUT2D eigenvalue weighted by atomic mass is 10.2. The molecule has 4 nitrogen and oxygen atoms in total. The van der Waals surface area contributed by atoms with Crippen LogP contribution in [0.3, 0.4) is 0 Å². The number of hydrogen-bond donors (Lipinski definition) is 0. The van der Waals surface area contributed by atoms with Gasteiger partial charge in [0.15, 0.2) is 12.4 Å². The maximum absolute atomic E-state index is 9.02. The first-order valence-electron chi connectivity index (χ1n) is 5.19. The Morgan fingerprint density at radius 3 is 2.39 bits per heavy atom. The molecule has 1 atom stereocenters. The number of rotatable bonds is 4. The summed E-state index contributed by atoms with van der Waals surface area (Å²) < 4.78 is -3.74. The zero-order chi connectivity index (χ0) is 14.0. The third-order valence-electron chi connectivity index (χ3n) is 2.43. The second kappa shape index (κ2) is 6.11. The van der Waals surface area contributed by atoms with Gasteiger partial charge < -0.3 is 0 Å². The lowest BCUT2D eigenvalue weighted by Gasteiger charge is -2.39. The van der Waals surface area contributed by atoms with E-state index in [1.807, 2.05) is 13.1 Å². The van der Waals surface area contributed by atoms with Gasteiger partial charge >= 0.3 is 0 Å². The van der Waals surface area contributed by atoms with Crippen molar-refractivity contribution in [2.45, 2.75) is 34.1 Å². The van der Waals surface area contributed by atoms with Gasteiger partial charge in [-0.05, 0) is 6.42 Å². The Morgan fingerprint density at radius 1 is 1.33 bits per heavy atom. The molecule has 9 heteroatoms. The van der Waals surface area contributed by atoms with Gasteiger partial charge in [-0.3, -0.25) is 5.01 Å². The van der Waals surface area contributed by atoms with E-state index >= 15 is 0 Å². The highest BCUT2D eigenvalue weighted by Crippen LogP contribution is 2.50. The zero-order valence-corrected chi connectivity index (χ0v) is 13.2. The molecule has 0 saturated heterocycles. The van der Waals surface area contributed by atoms with E-state index in [1.54, 1.807) is 5.01 Å². The molecule has 0 radical (unpaired) electrons. The van der Waals surface area contributed by atoms with Crippen molar-refractivity contribution in [2.24, 2.45) is 5.10 Å². The number of halogens is 5. The van der Waals surface area contributed by atoms with Crippen molar-refractivity contribution < 1.29 is 0 Å². The van der Waals surface area contributed by atoms with E-state index in [1.165, 1.54) is 6.34 Å². The van der Waals surface area contributed by atoms with Crippen molar-refractivity contribution in [1.29, 1.82) is 5.26 Å². The molecule has 1 unspecified atom stereocenters. The number of nitriles is 1. The Hall–Kier alpha value is 0.210. The van der Waals surface area contributed by atoms with Crippen molar-refractivity contribution in [3.63, 3.8) is 0 Å². The van der Waals surface area contributed by atoms with E-state index in [0.29, 0.717) is 6.54 Å². The third kappa shape index (κ3) is 3.20. The molecule has 102 valence electrons. The zero-order valence-electron chi connectivity index (χ0n) is 9.45. The van der Waals surface area contributed by atoms with Gasteiger partial charge in [-0.1, -0.05) is 71.3 Å². The maximum Gasteiger partial charge on any atom is 0.227 e. The van der Waals surface area contributed by atoms with Crippen molar-refractivity contribution >= 4 is 64.3 Å². The second-order valence-electron chi connectivity index (χ2n) is 3.75. The Balaban J connectivity index is 2.97. The summed E-state index contributed by atoms with van der Waals surface area (Å²) in [6.45, 7) is 2.60. The molecule has 0 N–H and O–H groups in total. The van der Waals surface area contributed by atoms with E-state index in [2.05, 4.69) is 5.10 Å². The van der Waals surface area contributed by atoms with Crippen LogP contribution in [0.2, 0.25) is 0 Å². The number of nitrogens with zero attached hydrogens (tertiary/aromatic N) is 4. The summed E-state index contributed by atoms with van der Waals surface area (Å²) in [5.41, 5.74) is 0. The molecular weight excluding hydrogens is 341 g/mol. The fraction of sp³-hybridized carbons (Fsp3) is 0.778. The van der Waals surface area contributed by atoms with Gasteiger partial charge in [0.2, 0.25) is 8.13 Å². The predicted molar refractivity (Wildman–Crippen MR) is 76.1 cm³/mol. The SMILES string of the molecule is CCCCN1N=CN(C#N)C1C(Cl)(Cl)C(Cl)(Cl)Cl. The molecule has 0 amide bonds. The van der Waals surface area contributed by atoms with Crippen LogP contribution in [0.25, 0.3) is 0 Å². The van der Waals surface area contributed by atoms with E-state index in [0.717, 1.165) is 17.7 Å². The Bertz CT molecular complexity index is 359. The summed E-state index contributed by atoms with van der Waals surface area (Å²) in [5.74, 6) is 0. The first-order valence-corrected chi connectivity index (χ1v) is 7.08. The predicted octanol–water partition coefficient (Wildman–Crippen LogP) is 3.70. The highest BCUT2D eigenvalue weighted by atomic mass is 35.6. The Kier molecular flexibility index (Phi) is 5.52. The molecule has 0 saturated carbocycles. The average Bonchev–Trinajstić information content (AvgIpc) is 2.68. The summed E-state index contributed by atoms with van der Waals surface area (Å²) in [5, 5.41) is 14.6. The first kappa shape index (κ1) is 16.3. The highest BCUT2D eigenvalue weighted by molar-refractivity contribution is 6.75. The van der Waals surface area contributed by atoms with Crippen LogP contribution in [0.5, 0.6) is 0 Å². The average molecular weight is 352 g/mol. The monoisotopic (exact) mass is 350 g/mol. The normalized spacial score (nSPS) is 20.4. The van der Waals surface area contributed by atoms with Gasteiger partial charge in [0.05, 0.1) is 0 Å². The summed E-state index contributed by atoms with van der Waals surface area (Å²) in [4.78, 5) is 1.16. The van der Waals surface area contributed by atoms with E-state index in [9.17, 15) is 0 Å². The van der Waals surface area contributed by atoms with E-state index in [4.69, 9.17) is 63.3 Å². The fourth-order valence-corrected chi connectivity index (χ4v) is 2.21. The molecule has 0 aromatic heterocycles. The summed E-state index contributed by atoms with van der Waals surface area (Å²) >= 11 is 29.6. The molecule has 0 aromatic carbocycles. The van der Waals surface area contributed by atoms with E-state index in [-0.39, 0.29) is 0 Å². The van der Waals surface area contributed by atoms with Crippen LogP contribution >= 0.6 is 58.0 Å². The van der Waals surface area contributed by atoms with Crippen molar-refractivity contribution in [3.8, 4) is 6.19 Å². The number of hydrazone groups is 1. The fourth-order valence-electron chi connectivity index (χ4n) is 1.48. The van der Waals surface area contributed by atoms with Gasteiger partial charge in [-0.15, -0.1) is 0 Å². The molecule has 1 aliphatic heterocycles. The highest BCUT2D eigenvalue weighted by Gasteiger charge is 2.57. The smallest absolute Gasteiger partial charge is 0.227 e. The lowest BCUT2D eigenvalue weighted by molar-refractivity contribution is 0.143. The van der Waals surface area contributed by atoms with Crippen LogP contribution < -0.4 is 0 Å².